The molecule has 0 radical (unpaired) electrons. The number of anilines is 1. The number of thiazole rings is 1. The fourth-order valence-electron chi connectivity index (χ4n) is 3.13. The number of benzene rings is 3. The summed E-state index contributed by atoms with van der Waals surface area (Å²) < 4.78 is 8.44. The molecule has 0 unspecified atom stereocenters. The third kappa shape index (κ3) is 3.50. The highest BCUT2D eigenvalue weighted by atomic mass is 79.9. The number of nitrogens with zero attached hydrogens (tertiary/aromatic N) is 1. The molecule has 0 saturated heterocycles. The van der Waals surface area contributed by atoms with Crippen molar-refractivity contribution in [3.63, 3.8) is 0 Å². The predicted octanol–water partition coefficient (Wildman–Crippen LogP) is 7.49. The van der Waals surface area contributed by atoms with Gasteiger partial charge in [-0.25, -0.2) is 4.98 Å². The van der Waals surface area contributed by atoms with Crippen molar-refractivity contribution in [3.8, 4) is 10.6 Å². The molecule has 4 nitrogen and oxygen atoms in total. The van der Waals surface area contributed by atoms with E-state index in [0.717, 1.165) is 35.1 Å². The van der Waals surface area contributed by atoms with E-state index in [1.165, 1.54) is 0 Å². The number of rotatable bonds is 3. The number of halogens is 2. The molecule has 2 heterocycles. The number of furan rings is 1. The van der Waals surface area contributed by atoms with Gasteiger partial charge in [-0.05, 0) is 52.3 Å². The molecule has 0 aliphatic heterocycles. The molecule has 0 fully saturated rings. The first-order chi connectivity index (χ1) is 14.1. The molecular weight excluding hydrogens is 516 g/mol. The number of fused-ring (bicyclic) bond motifs is 2. The third-order valence-corrected chi connectivity index (χ3v) is 6.62. The Hall–Kier alpha value is -2.48. The van der Waals surface area contributed by atoms with Crippen molar-refractivity contribution in [1.82, 2.24) is 4.98 Å². The van der Waals surface area contributed by atoms with Crippen LogP contribution in [-0.2, 0) is 0 Å². The summed E-state index contributed by atoms with van der Waals surface area (Å²) in [6.45, 7) is 0. The molecule has 0 bridgehead atoms. The average molecular weight is 528 g/mol. The molecule has 1 amide bonds. The Balaban J connectivity index is 1.58. The molecular formula is C22H12Br2N2O2S. The minimum Gasteiger partial charge on any atom is -0.451 e. The molecule has 7 heteroatoms. The van der Waals surface area contributed by atoms with E-state index in [-0.39, 0.29) is 11.7 Å². The minimum atomic E-state index is -0.313. The Bertz CT molecular complexity index is 1320. The van der Waals surface area contributed by atoms with Gasteiger partial charge in [0.15, 0.2) is 5.76 Å². The summed E-state index contributed by atoms with van der Waals surface area (Å²) in [6.07, 6.45) is 0. The first-order valence-corrected chi connectivity index (χ1v) is 11.1. The number of amides is 1. The zero-order valence-corrected chi connectivity index (χ0v) is 18.8. The molecule has 29 heavy (non-hydrogen) atoms. The van der Waals surface area contributed by atoms with Crippen LogP contribution in [0, 0.1) is 0 Å². The topological polar surface area (TPSA) is 55.1 Å². The van der Waals surface area contributed by atoms with Gasteiger partial charge in [0.2, 0.25) is 0 Å². The Morgan fingerprint density at radius 2 is 1.79 bits per heavy atom. The lowest BCUT2D eigenvalue weighted by molar-refractivity contribution is 0.0998. The van der Waals surface area contributed by atoms with Gasteiger partial charge in [0.25, 0.3) is 5.91 Å². The van der Waals surface area contributed by atoms with Crippen LogP contribution < -0.4 is 5.32 Å². The summed E-state index contributed by atoms with van der Waals surface area (Å²) in [7, 11) is 0. The number of hydrogen-bond donors (Lipinski definition) is 1. The molecule has 3 aromatic carbocycles. The van der Waals surface area contributed by atoms with Crippen LogP contribution in [0.15, 0.2) is 80.1 Å². The lowest BCUT2D eigenvalue weighted by Gasteiger charge is -2.11. The standard InChI is InChI=1S/C22H12Br2N2O2S/c23-13-10-14(22-25-16-6-2-4-8-19(16)29-22)20(15(24)11-13)26-21(27)18-9-12-5-1-3-7-17(12)28-18/h1-11H,(H,26,27). The second kappa shape index (κ2) is 7.40. The van der Waals surface area contributed by atoms with Gasteiger partial charge in [0.1, 0.15) is 10.6 Å². The monoisotopic (exact) mass is 526 g/mol. The molecule has 0 saturated carbocycles. The summed E-state index contributed by atoms with van der Waals surface area (Å²) >= 11 is 8.70. The van der Waals surface area contributed by atoms with E-state index in [9.17, 15) is 4.79 Å². The van der Waals surface area contributed by atoms with E-state index in [0.29, 0.717) is 11.3 Å². The maximum atomic E-state index is 12.9. The van der Waals surface area contributed by atoms with Crippen molar-refractivity contribution in [1.29, 1.82) is 0 Å². The highest BCUT2D eigenvalue weighted by Crippen LogP contribution is 2.40. The van der Waals surface area contributed by atoms with Crippen LogP contribution in [0.2, 0.25) is 0 Å². The zero-order chi connectivity index (χ0) is 20.0. The van der Waals surface area contributed by atoms with E-state index >= 15 is 0 Å². The fourth-order valence-corrected chi connectivity index (χ4v) is 5.44. The van der Waals surface area contributed by atoms with E-state index in [2.05, 4.69) is 37.2 Å². The Morgan fingerprint density at radius 1 is 1.00 bits per heavy atom. The van der Waals surface area contributed by atoms with Crippen molar-refractivity contribution in [3.05, 3.63) is 81.4 Å². The van der Waals surface area contributed by atoms with Crippen molar-refractivity contribution in [2.45, 2.75) is 0 Å². The second-order valence-corrected chi connectivity index (χ2v) is 9.20. The van der Waals surface area contributed by atoms with Gasteiger partial charge in [0.05, 0.1) is 15.9 Å². The Kier molecular flexibility index (Phi) is 4.73. The van der Waals surface area contributed by atoms with E-state index in [1.54, 1.807) is 17.4 Å². The maximum absolute atomic E-state index is 12.9. The lowest BCUT2D eigenvalue weighted by Crippen LogP contribution is -2.12. The molecule has 1 N–H and O–H groups in total. The minimum absolute atomic E-state index is 0.260. The van der Waals surface area contributed by atoms with Crippen molar-refractivity contribution >= 4 is 76.0 Å². The number of carbonyl (C=O) groups excluding carboxylic acids is 1. The van der Waals surface area contributed by atoms with Gasteiger partial charge in [0, 0.05) is 19.9 Å². The number of carbonyl (C=O) groups is 1. The first kappa shape index (κ1) is 18.5. The van der Waals surface area contributed by atoms with Gasteiger partial charge in [-0.3, -0.25) is 4.79 Å². The molecule has 2 aromatic heterocycles. The molecule has 0 atom stereocenters. The first-order valence-electron chi connectivity index (χ1n) is 8.73. The third-order valence-electron chi connectivity index (χ3n) is 4.47. The molecule has 0 aliphatic carbocycles. The van der Waals surface area contributed by atoms with Crippen LogP contribution >= 0.6 is 43.2 Å². The highest BCUT2D eigenvalue weighted by Gasteiger charge is 2.19. The summed E-state index contributed by atoms with van der Waals surface area (Å²) in [5.74, 6) is -0.0529. The molecule has 0 spiro atoms. The fraction of sp³-hybridized carbons (Fsp3) is 0. The lowest BCUT2D eigenvalue weighted by atomic mass is 10.1. The number of nitrogens with one attached hydrogen (secondary N) is 1. The molecule has 5 aromatic rings. The van der Waals surface area contributed by atoms with Gasteiger partial charge in [-0.15, -0.1) is 11.3 Å². The summed E-state index contributed by atoms with van der Waals surface area (Å²) in [4.78, 5) is 17.7. The Labute approximate surface area is 186 Å². The van der Waals surface area contributed by atoms with Gasteiger partial charge in [-0.1, -0.05) is 46.3 Å². The number of aromatic nitrogens is 1. The van der Waals surface area contributed by atoms with Crippen LogP contribution in [-0.4, -0.2) is 10.9 Å². The van der Waals surface area contributed by atoms with Gasteiger partial charge < -0.3 is 9.73 Å². The van der Waals surface area contributed by atoms with Crippen molar-refractivity contribution in [2.75, 3.05) is 5.32 Å². The van der Waals surface area contributed by atoms with Crippen molar-refractivity contribution < 1.29 is 9.21 Å². The van der Waals surface area contributed by atoms with Crippen LogP contribution in [0.1, 0.15) is 10.6 Å². The highest BCUT2D eigenvalue weighted by molar-refractivity contribution is 9.11. The van der Waals surface area contributed by atoms with Gasteiger partial charge in [-0.2, -0.15) is 0 Å². The average Bonchev–Trinajstić information content (AvgIpc) is 3.33. The maximum Gasteiger partial charge on any atom is 0.291 e. The van der Waals surface area contributed by atoms with E-state index < -0.39 is 0 Å². The predicted molar refractivity (Wildman–Crippen MR) is 125 cm³/mol. The smallest absolute Gasteiger partial charge is 0.291 e. The number of hydrogen-bond acceptors (Lipinski definition) is 4. The molecule has 5 rings (SSSR count). The summed E-state index contributed by atoms with van der Waals surface area (Å²) in [6, 6.07) is 21.1. The van der Waals surface area contributed by atoms with E-state index in [4.69, 9.17) is 9.40 Å². The van der Waals surface area contributed by atoms with Gasteiger partial charge >= 0.3 is 0 Å². The summed E-state index contributed by atoms with van der Waals surface area (Å²) in [5.41, 5.74) is 3.09. The zero-order valence-electron chi connectivity index (χ0n) is 14.8. The van der Waals surface area contributed by atoms with Crippen LogP contribution in [0.25, 0.3) is 31.8 Å². The van der Waals surface area contributed by atoms with Crippen molar-refractivity contribution in [2.24, 2.45) is 0 Å². The largest absolute Gasteiger partial charge is 0.451 e. The quantitative estimate of drug-likeness (QED) is 0.264. The van der Waals surface area contributed by atoms with E-state index in [1.807, 2.05) is 60.7 Å². The number of para-hydroxylation sites is 2. The molecule has 142 valence electrons. The normalized spacial score (nSPS) is 11.2. The Morgan fingerprint density at radius 3 is 2.62 bits per heavy atom. The SMILES string of the molecule is O=C(Nc1c(Br)cc(Br)cc1-c1nc2ccccc2s1)c1cc2ccccc2o1. The van der Waals surface area contributed by atoms with Crippen LogP contribution in [0.4, 0.5) is 5.69 Å². The van der Waals surface area contributed by atoms with Crippen LogP contribution in [0.3, 0.4) is 0 Å². The summed E-state index contributed by atoms with van der Waals surface area (Å²) in [5, 5.41) is 4.71. The van der Waals surface area contributed by atoms with Crippen LogP contribution in [0.5, 0.6) is 0 Å². The molecule has 0 aliphatic rings. The second-order valence-electron chi connectivity index (χ2n) is 6.40.